The summed E-state index contributed by atoms with van der Waals surface area (Å²) < 4.78 is 20.4. The second-order valence-corrected chi connectivity index (χ2v) is 9.16. The molecule has 0 aromatic heterocycles. The van der Waals surface area contributed by atoms with Crippen molar-refractivity contribution >= 4 is 29.1 Å². The van der Waals surface area contributed by atoms with Crippen LogP contribution in [0.3, 0.4) is 0 Å². The van der Waals surface area contributed by atoms with E-state index in [9.17, 15) is 14.0 Å². The van der Waals surface area contributed by atoms with E-state index in [0.29, 0.717) is 35.8 Å². The number of ether oxygens (including phenoxy) is 1. The normalized spacial score (nSPS) is 17.4. The first-order valence-corrected chi connectivity index (χ1v) is 12.3. The highest BCUT2D eigenvalue weighted by atomic mass is 35.5. The maximum Gasteiger partial charge on any atom is 0.256 e. The first-order valence-electron chi connectivity index (χ1n) is 12.0. The quantitative estimate of drug-likeness (QED) is 0.453. The molecule has 4 rings (SSSR count). The van der Waals surface area contributed by atoms with Gasteiger partial charge in [0, 0.05) is 41.5 Å². The molecule has 2 unspecified atom stereocenters. The number of nitrogens with zero attached hydrogens (tertiary/aromatic N) is 1. The van der Waals surface area contributed by atoms with Crippen molar-refractivity contribution in [2.24, 2.45) is 5.73 Å². The minimum Gasteiger partial charge on any atom is -0.355 e. The van der Waals surface area contributed by atoms with E-state index in [0.717, 1.165) is 16.7 Å². The number of hydrogen-bond donors (Lipinski definition) is 2. The van der Waals surface area contributed by atoms with Crippen LogP contribution >= 0.6 is 11.6 Å². The van der Waals surface area contributed by atoms with Gasteiger partial charge >= 0.3 is 0 Å². The Bertz CT molecular complexity index is 1250. The summed E-state index contributed by atoms with van der Waals surface area (Å²) in [7, 11) is 0. The standard InChI is InChI=1S/C28H29ClFN3O3/c1-2-12-33-24-11-10-21(29)14-22(24)27(19-8-5-6-18(13-19)16-31)36-25(28(33)35)15-26(34)32-17-20-7-3-4-9-23(20)30/h3-11,13-14,25,27H,2,12,15-17,31H2,1H3,(H,32,34). The van der Waals surface area contributed by atoms with Crippen LogP contribution in [-0.4, -0.2) is 24.5 Å². The zero-order chi connectivity index (χ0) is 25.7. The van der Waals surface area contributed by atoms with E-state index in [-0.39, 0.29) is 18.9 Å². The highest BCUT2D eigenvalue weighted by Crippen LogP contribution is 2.40. The van der Waals surface area contributed by atoms with Gasteiger partial charge in [-0.2, -0.15) is 0 Å². The Hall–Kier alpha value is -3.26. The average molecular weight is 510 g/mol. The van der Waals surface area contributed by atoms with Gasteiger partial charge in [-0.3, -0.25) is 9.59 Å². The van der Waals surface area contributed by atoms with Crippen LogP contribution in [0.2, 0.25) is 5.02 Å². The van der Waals surface area contributed by atoms with Crippen LogP contribution < -0.4 is 16.0 Å². The van der Waals surface area contributed by atoms with Gasteiger partial charge in [0.05, 0.1) is 6.42 Å². The third kappa shape index (κ3) is 5.75. The monoisotopic (exact) mass is 509 g/mol. The van der Waals surface area contributed by atoms with Crippen LogP contribution in [0.15, 0.2) is 66.7 Å². The molecule has 0 bridgehead atoms. The Morgan fingerprint density at radius 3 is 2.69 bits per heavy atom. The summed E-state index contributed by atoms with van der Waals surface area (Å²) in [5.74, 6) is -1.12. The molecule has 0 radical (unpaired) electrons. The SMILES string of the molecule is CCCN1C(=O)C(CC(=O)NCc2ccccc2F)OC(c2cccc(CN)c2)c2cc(Cl)ccc21. The van der Waals surface area contributed by atoms with Crippen molar-refractivity contribution in [2.45, 2.75) is 45.1 Å². The van der Waals surface area contributed by atoms with Crippen LogP contribution in [0.5, 0.6) is 0 Å². The van der Waals surface area contributed by atoms with Crippen molar-refractivity contribution in [1.82, 2.24) is 5.32 Å². The minimum absolute atomic E-state index is 0.0168. The first-order chi connectivity index (χ1) is 17.4. The Morgan fingerprint density at radius 2 is 1.94 bits per heavy atom. The second-order valence-electron chi connectivity index (χ2n) is 8.72. The van der Waals surface area contributed by atoms with E-state index in [2.05, 4.69) is 5.32 Å². The molecule has 3 aromatic carbocycles. The fraction of sp³-hybridized carbons (Fsp3) is 0.286. The largest absolute Gasteiger partial charge is 0.355 e. The third-order valence-corrected chi connectivity index (χ3v) is 6.38. The van der Waals surface area contributed by atoms with Gasteiger partial charge in [0.1, 0.15) is 18.0 Å². The van der Waals surface area contributed by atoms with E-state index in [1.165, 1.54) is 6.07 Å². The maximum absolute atomic E-state index is 14.0. The van der Waals surface area contributed by atoms with Crippen molar-refractivity contribution in [1.29, 1.82) is 0 Å². The van der Waals surface area contributed by atoms with Gasteiger partial charge < -0.3 is 20.7 Å². The van der Waals surface area contributed by atoms with Crippen molar-refractivity contribution < 1.29 is 18.7 Å². The molecule has 1 aliphatic rings. The molecule has 6 nitrogen and oxygen atoms in total. The first kappa shape index (κ1) is 25.8. The molecule has 3 aromatic rings. The predicted octanol–water partition coefficient (Wildman–Crippen LogP) is 4.88. The zero-order valence-corrected chi connectivity index (χ0v) is 20.8. The Morgan fingerprint density at radius 1 is 1.14 bits per heavy atom. The number of benzene rings is 3. The summed E-state index contributed by atoms with van der Waals surface area (Å²) in [6, 6.07) is 19.2. The molecular weight excluding hydrogens is 481 g/mol. The van der Waals surface area contributed by atoms with Crippen molar-refractivity contribution in [3.05, 3.63) is 99.8 Å². The lowest BCUT2D eigenvalue weighted by Gasteiger charge is -2.24. The summed E-state index contributed by atoms with van der Waals surface area (Å²) in [6.07, 6.45) is -1.18. The molecular formula is C28H29ClFN3O3. The van der Waals surface area contributed by atoms with Crippen LogP contribution in [-0.2, 0) is 27.4 Å². The van der Waals surface area contributed by atoms with Crippen LogP contribution in [0, 0.1) is 5.82 Å². The molecule has 3 N–H and O–H groups in total. The molecule has 0 spiro atoms. The van der Waals surface area contributed by atoms with E-state index in [1.807, 2.05) is 37.3 Å². The molecule has 2 amide bonds. The molecule has 0 saturated heterocycles. The van der Waals surface area contributed by atoms with Gasteiger partial charge in [-0.15, -0.1) is 0 Å². The van der Waals surface area contributed by atoms with E-state index in [4.69, 9.17) is 22.1 Å². The molecule has 0 aliphatic carbocycles. The summed E-state index contributed by atoms with van der Waals surface area (Å²) in [6.45, 7) is 2.81. The van der Waals surface area contributed by atoms with E-state index < -0.39 is 23.9 Å². The van der Waals surface area contributed by atoms with E-state index >= 15 is 0 Å². The lowest BCUT2D eigenvalue weighted by molar-refractivity contribution is -0.138. The number of fused-ring (bicyclic) bond motifs is 1. The number of amides is 2. The maximum atomic E-state index is 14.0. The number of halogens is 2. The van der Waals surface area contributed by atoms with Crippen LogP contribution in [0.4, 0.5) is 10.1 Å². The van der Waals surface area contributed by atoms with E-state index in [1.54, 1.807) is 35.2 Å². The highest BCUT2D eigenvalue weighted by Gasteiger charge is 2.37. The fourth-order valence-electron chi connectivity index (χ4n) is 4.38. The molecule has 0 saturated carbocycles. The Balaban J connectivity index is 1.66. The fourth-order valence-corrected chi connectivity index (χ4v) is 4.56. The number of carbonyl (C=O) groups is 2. The summed E-state index contributed by atoms with van der Waals surface area (Å²) in [5, 5.41) is 3.23. The minimum atomic E-state index is -1.05. The molecule has 1 aliphatic heterocycles. The summed E-state index contributed by atoms with van der Waals surface area (Å²) in [4.78, 5) is 28.2. The van der Waals surface area contributed by atoms with Crippen molar-refractivity contribution in [3.8, 4) is 0 Å². The van der Waals surface area contributed by atoms with Gasteiger partial charge in [-0.05, 0) is 41.8 Å². The van der Waals surface area contributed by atoms with Crippen LogP contribution in [0.25, 0.3) is 0 Å². The van der Waals surface area contributed by atoms with Gasteiger partial charge in [0.15, 0.2) is 0 Å². The molecule has 1 heterocycles. The lowest BCUT2D eigenvalue weighted by atomic mass is 9.97. The molecule has 2 atom stereocenters. The second kappa shape index (κ2) is 11.6. The van der Waals surface area contributed by atoms with Gasteiger partial charge in [-0.25, -0.2) is 4.39 Å². The number of nitrogens with one attached hydrogen (secondary N) is 1. The third-order valence-electron chi connectivity index (χ3n) is 6.15. The number of rotatable bonds is 8. The zero-order valence-electron chi connectivity index (χ0n) is 20.0. The number of anilines is 1. The lowest BCUT2D eigenvalue weighted by Crippen LogP contribution is -2.42. The molecule has 0 fully saturated rings. The Labute approximate surface area is 215 Å². The van der Waals surface area contributed by atoms with Crippen molar-refractivity contribution in [2.75, 3.05) is 11.4 Å². The predicted molar refractivity (Wildman–Crippen MR) is 138 cm³/mol. The smallest absolute Gasteiger partial charge is 0.256 e. The van der Waals surface area contributed by atoms with Gasteiger partial charge in [-0.1, -0.05) is 61.0 Å². The number of hydrogen-bond acceptors (Lipinski definition) is 4. The Kier molecular flexibility index (Phi) is 8.36. The molecule has 188 valence electrons. The van der Waals surface area contributed by atoms with Gasteiger partial charge in [0.25, 0.3) is 5.91 Å². The average Bonchev–Trinajstić information content (AvgIpc) is 2.99. The topological polar surface area (TPSA) is 84.7 Å². The molecule has 36 heavy (non-hydrogen) atoms. The highest BCUT2D eigenvalue weighted by molar-refractivity contribution is 6.30. The van der Waals surface area contributed by atoms with Crippen LogP contribution in [0.1, 0.15) is 48.1 Å². The molecule has 8 heteroatoms. The summed E-state index contributed by atoms with van der Waals surface area (Å²) >= 11 is 6.36. The number of nitrogens with two attached hydrogens (primary N) is 1. The van der Waals surface area contributed by atoms with Crippen molar-refractivity contribution in [3.63, 3.8) is 0 Å². The summed E-state index contributed by atoms with van der Waals surface area (Å²) in [5.41, 5.74) is 9.40. The van der Waals surface area contributed by atoms with Gasteiger partial charge in [0.2, 0.25) is 5.91 Å². The number of carbonyl (C=O) groups excluding carboxylic acids is 2.